The van der Waals surface area contributed by atoms with E-state index in [4.69, 9.17) is 5.11 Å². The molecule has 1 aromatic carbocycles. The Morgan fingerprint density at radius 2 is 2.00 bits per heavy atom. The predicted molar refractivity (Wildman–Crippen MR) is 77.7 cm³/mol. The summed E-state index contributed by atoms with van der Waals surface area (Å²) in [6.07, 6.45) is 3.30. The summed E-state index contributed by atoms with van der Waals surface area (Å²) in [4.78, 5) is 0. The molecule has 0 saturated heterocycles. The molecule has 0 aromatic heterocycles. The molecule has 2 nitrogen and oxygen atoms in total. The summed E-state index contributed by atoms with van der Waals surface area (Å²) in [6.45, 7) is 8.73. The van der Waals surface area contributed by atoms with Gasteiger partial charge in [0.15, 0.2) is 0 Å². The topological polar surface area (TPSA) is 32.3 Å². The second kappa shape index (κ2) is 8.28. The quantitative estimate of drug-likeness (QED) is 0.741. The third-order valence-corrected chi connectivity index (χ3v) is 3.48. The smallest absolute Gasteiger partial charge is 0.0434 e. The Bertz CT molecular complexity index is 343. The molecule has 0 aliphatic heterocycles. The Labute approximate surface area is 111 Å². The first-order valence-corrected chi connectivity index (χ1v) is 7.05. The minimum atomic E-state index is 0.301. The van der Waals surface area contributed by atoms with E-state index < -0.39 is 0 Å². The summed E-state index contributed by atoms with van der Waals surface area (Å²) < 4.78 is 0. The standard InChI is InChI=1S/C16H27NO/c1-4-5-15(8-9-18)11-17-12-16-7-6-13(2)10-14(16)3/h6-7,10,15,17-18H,4-5,8-9,11-12H2,1-3H3. The summed E-state index contributed by atoms with van der Waals surface area (Å²) in [5.74, 6) is 0.603. The van der Waals surface area contributed by atoms with Crippen LogP contribution in [-0.2, 0) is 6.54 Å². The number of hydrogen-bond acceptors (Lipinski definition) is 2. The van der Waals surface area contributed by atoms with Crippen molar-refractivity contribution in [3.8, 4) is 0 Å². The van der Waals surface area contributed by atoms with Gasteiger partial charge in [-0.2, -0.15) is 0 Å². The van der Waals surface area contributed by atoms with E-state index in [1.807, 2.05) is 0 Å². The van der Waals surface area contributed by atoms with Crippen LogP contribution < -0.4 is 5.32 Å². The highest BCUT2D eigenvalue weighted by Gasteiger charge is 2.07. The fourth-order valence-electron chi connectivity index (χ4n) is 2.39. The van der Waals surface area contributed by atoms with Crippen LogP contribution in [0.5, 0.6) is 0 Å². The Morgan fingerprint density at radius 3 is 2.61 bits per heavy atom. The van der Waals surface area contributed by atoms with Gasteiger partial charge in [0.25, 0.3) is 0 Å². The van der Waals surface area contributed by atoms with Crippen molar-refractivity contribution in [3.05, 3.63) is 34.9 Å². The summed E-state index contributed by atoms with van der Waals surface area (Å²) in [6, 6.07) is 6.61. The molecule has 0 radical (unpaired) electrons. The largest absolute Gasteiger partial charge is 0.396 e. The second-order valence-electron chi connectivity index (χ2n) is 5.23. The fourth-order valence-corrected chi connectivity index (χ4v) is 2.39. The van der Waals surface area contributed by atoms with Crippen LogP contribution in [0.25, 0.3) is 0 Å². The highest BCUT2D eigenvalue weighted by Crippen LogP contribution is 2.12. The monoisotopic (exact) mass is 249 g/mol. The summed E-state index contributed by atoms with van der Waals surface area (Å²) in [7, 11) is 0. The molecule has 2 heteroatoms. The Hall–Kier alpha value is -0.860. The zero-order valence-electron chi connectivity index (χ0n) is 12.0. The van der Waals surface area contributed by atoms with Gasteiger partial charge in [0.1, 0.15) is 0 Å². The van der Waals surface area contributed by atoms with E-state index in [9.17, 15) is 0 Å². The van der Waals surface area contributed by atoms with Crippen LogP contribution in [0.15, 0.2) is 18.2 Å². The molecule has 102 valence electrons. The molecular formula is C16H27NO. The number of nitrogens with one attached hydrogen (secondary N) is 1. The maximum absolute atomic E-state index is 9.03. The van der Waals surface area contributed by atoms with E-state index in [1.165, 1.54) is 29.5 Å². The molecule has 0 saturated carbocycles. The van der Waals surface area contributed by atoms with Gasteiger partial charge in [0, 0.05) is 13.2 Å². The highest BCUT2D eigenvalue weighted by molar-refractivity contribution is 5.30. The van der Waals surface area contributed by atoms with E-state index in [0.29, 0.717) is 12.5 Å². The van der Waals surface area contributed by atoms with E-state index in [2.05, 4.69) is 44.3 Å². The van der Waals surface area contributed by atoms with E-state index in [1.54, 1.807) is 0 Å². The van der Waals surface area contributed by atoms with Crippen molar-refractivity contribution < 1.29 is 5.11 Å². The summed E-state index contributed by atoms with van der Waals surface area (Å²) in [5, 5.41) is 12.5. The van der Waals surface area contributed by atoms with Crippen molar-refractivity contribution in [1.82, 2.24) is 5.32 Å². The number of rotatable bonds is 8. The van der Waals surface area contributed by atoms with Crippen LogP contribution in [-0.4, -0.2) is 18.3 Å². The molecule has 0 amide bonds. The Kier molecular flexibility index (Phi) is 6.99. The van der Waals surface area contributed by atoms with Crippen LogP contribution in [0.2, 0.25) is 0 Å². The molecule has 2 N–H and O–H groups in total. The lowest BCUT2D eigenvalue weighted by molar-refractivity contribution is 0.248. The first kappa shape index (κ1) is 15.2. The number of benzene rings is 1. The average molecular weight is 249 g/mol. The number of aliphatic hydroxyl groups is 1. The van der Waals surface area contributed by atoms with Gasteiger partial charge >= 0.3 is 0 Å². The van der Waals surface area contributed by atoms with Gasteiger partial charge < -0.3 is 10.4 Å². The van der Waals surface area contributed by atoms with Crippen molar-refractivity contribution in [2.24, 2.45) is 5.92 Å². The molecule has 0 heterocycles. The van der Waals surface area contributed by atoms with E-state index in [0.717, 1.165) is 19.5 Å². The lowest BCUT2D eigenvalue weighted by Gasteiger charge is -2.16. The van der Waals surface area contributed by atoms with Gasteiger partial charge in [0.05, 0.1) is 0 Å². The van der Waals surface area contributed by atoms with Crippen LogP contribution >= 0.6 is 0 Å². The third-order valence-electron chi connectivity index (χ3n) is 3.48. The molecule has 1 atom stereocenters. The van der Waals surface area contributed by atoms with Crippen LogP contribution in [0.3, 0.4) is 0 Å². The first-order valence-electron chi connectivity index (χ1n) is 7.05. The van der Waals surface area contributed by atoms with E-state index >= 15 is 0 Å². The lowest BCUT2D eigenvalue weighted by atomic mass is 10.00. The number of aliphatic hydroxyl groups excluding tert-OH is 1. The molecule has 0 spiro atoms. The zero-order valence-corrected chi connectivity index (χ0v) is 12.0. The van der Waals surface area contributed by atoms with Crippen LogP contribution in [0.1, 0.15) is 42.9 Å². The van der Waals surface area contributed by atoms with Gasteiger partial charge in [0.2, 0.25) is 0 Å². The molecule has 0 aliphatic carbocycles. The molecule has 1 aromatic rings. The lowest BCUT2D eigenvalue weighted by Crippen LogP contribution is -2.23. The second-order valence-corrected chi connectivity index (χ2v) is 5.23. The minimum absolute atomic E-state index is 0.301. The van der Waals surface area contributed by atoms with Crippen LogP contribution in [0.4, 0.5) is 0 Å². The Balaban J connectivity index is 2.39. The van der Waals surface area contributed by atoms with Gasteiger partial charge in [-0.05, 0) is 50.3 Å². The SMILES string of the molecule is CCCC(CCO)CNCc1ccc(C)cc1C. The highest BCUT2D eigenvalue weighted by atomic mass is 16.3. The molecule has 0 fully saturated rings. The van der Waals surface area contributed by atoms with Crippen molar-refractivity contribution in [2.75, 3.05) is 13.2 Å². The van der Waals surface area contributed by atoms with Crippen molar-refractivity contribution in [1.29, 1.82) is 0 Å². The average Bonchev–Trinajstić information content (AvgIpc) is 2.32. The molecule has 18 heavy (non-hydrogen) atoms. The maximum atomic E-state index is 9.03. The van der Waals surface area contributed by atoms with Gasteiger partial charge in [-0.25, -0.2) is 0 Å². The summed E-state index contributed by atoms with van der Waals surface area (Å²) >= 11 is 0. The molecule has 1 rings (SSSR count). The first-order chi connectivity index (χ1) is 8.67. The molecule has 0 bridgehead atoms. The van der Waals surface area contributed by atoms with Crippen molar-refractivity contribution >= 4 is 0 Å². The Morgan fingerprint density at radius 1 is 1.22 bits per heavy atom. The van der Waals surface area contributed by atoms with Gasteiger partial charge in [-0.1, -0.05) is 37.1 Å². The molecular weight excluding hydrogens is 222 g/mol. The third kappa shape index (κ3) is 5.19. The van der Waals surface area contributed by atoms with Crippen molar-refractivity contribution in [2.45, 2.75) is 46.6 Å². The minimum Gasteiger partial charge on any atom is -0.396 e. The number of hydrogen-bond donors (Lipinski definition) is 2. The van der Waals surface area contributed by atoms with Crippen molar-refractivity contribution in [3.63, 3.8) is 0 Å². The molecule has 1 unspecified atom stereocenters. The zero-order chi connectivity index (χ0) is 13.4. The van der Waals surface area contributed by atoms with E-state index in [-0.39, 0.29) is 0 Å². The normalized spacial score (nSPS) is 12.7. The number of aryl methyl sites for hydroxylation is 2. The summed E-state index contributed by atoms with van der Waals surface area (Å²) in [5.41, 5.74) is 4.05. The van der Waals surface area contributed by atoms with Crippen LogP contribution in [0, 0.1) is 19.8 Å². The van der Waals surface area contributed by atoms with Gasteiger partial charge in [-0.3, -0.25) is 0 Å². The maximum Gasteiger partial charge on any atom is 0.0434 e. The van der Waals surface area contributed by atoms with Gasteiger partial charge in [-0.15, -0.1) is 0 Å². The molecule has 0 aliphatic rings. The predicted octanol–water partition coefficient (Wildman–Crippen LogP) is 3.19. The fraction of sp³-hybridized carbons (Fsp3) is 0.625.